The van der Waals surface area contributed by atoms with Crippen molar-refractivity contribution in [3.63, 3.8) is 0 Å². The number of fused-ring (bicyclic) bond motifs is 4. The van der Waals surface area contributed by atoms with Crippen LogP contribution in [-0.4, -0.2) is 104 Å². The van der Waals surface area contributed by atoms with Gasteiger partial charge in [-0.05, 0) is 47.3 Å². The number of nitrogens with zero attached hydrogens (tertiary/aromatic N) is 3. The second kappa shape index (κ2) is 14.3. The zero-order valence-electron chi connectivity index (χ0n) is 25.9. The molecular weight excluding hydrogens is 705 g/mol. The molecule has 1 aromatic heterocycles. The zero-order chi connectivity index (χ0) is 34.9. The number of rotatable bonds is 13. The van der Waals surface area contributed by atoms with Crippen LogP contribution in [0.15, 0.2) is 53.4 Å². The van der Waals surface area contributed by atoms with Gasteiger partial charge in [-0.1, -0.05) is 6.07 Å². The summed E-state index contributed by atoms with van der Waals surface area (Å²) in [6, 6.07) is 12.3. The van der Waals surface area contributed by atoms with E-state index in [0.29, 0.717) is 47.7 Å². The molecule has 262 valence electrons. The zero-order valence-corrected chi connectivity index (χ0v) is 28.4. The fourth-order valence-electron chi connectivity index (χ4n) is 6.09. The van der Waals surface area contributed by atoms with Crippen LogP contribution in [0.4, 0.5) is 11.4 Å². The van der Waals surface area contributed by atoms with Gasteiger partial charge < -0.3 is 29.1 Å². The summed E-state index contributed by atoms with van der Waals surface area (Å²) < 4.78 is 54.5. The van der Waals surface area contributed by atoms with Crippen molar-refractivity contribution in [1.82, 2.24) is 14.6 Å². The van der Waals surface area contributed by atoms with E-state index in [2.05, 4.69) is 19.1 Å². The number of benzene rings is 3. The molecule has 2 aliphatic rings. The highest BCUT2D eigenvalue weighted by Gasteiger charge is 2.37. The van der Waals surface area contributed by atoms with E-state index in [1.165, 1.54) is 23.1 Å². The van der Waals surface area contributed by atoms with E-state index in [4.69, 9.17) is 30.9 Å². The first-order chi connectivity index (χ1) is 23.3. The minimum absolute atomic E-state index is 0.0225. The largest absolute Gasteiger partial charge is 0.492 e. The van der Waals surface area contributed by atoms with Gasteiger partial charge in [-0.15, -0.1) is 11.6 Å². The molecule has 3 aromatic carbocycles. The van der Waals surface area contributed by atoms with E-state index in [1.807, 2.05) is 18.2 Å². The molecule has 4 aromatic rings. The average Bonchev–Trinajstić information content (AvgIpc) is 3.67. The Hall–Kier alpha value is -3.64. The molecule has 0 radical (unpaired) electrons. The van der Waals surface area contributed by atoms with Gasteiger partial charge in [-0.25, -0.2) is 17.7 Å². The van der Waals surface area contributed by atoms with Crippen LogP contribution in [0.5, 0.6) is 5.75 Å². The predicted molar refractivity (Wildman–Crippen MR) is 180 cm³/mol. The number of aromatic amines is 1. The Morgan fingerprint density at radius 3 is 2.61 bits per heavy atom. The van der Waals surface area contributed by atoms with Gasteiger partial charge in [0.05, 0.1) is 40.7 Å². The number of ether oxygens (including phenoxy) is 2. The van der Waals surface area contributed by atoms with Crippen molar-refractivity contribution >= 4 is 68.4 Å². The van der Waals surface area contributed by atoms with Crippen LogP contribution in [0, 0.1) is 10.1 Å². The average molecular weight is 738 g/mol. The fourth-order valence-corrected chi connectivity index (χ4v) is 7.71. The lowest BCUT2D eigenvalue weighted by molar-refractivity contribution is -0.383. The van der Waals surface area contributed by atoms with Crippen LogP contribution in [-0.2, 0) is 23.8 Å². The van der Waals surface area contributed by atoms with Crippen molar-refractivity contribution in [1.29, 1.82) is 0 Å². The number of nitro benzene ring substituents is 1. The number of alkyl halides is 1. The summed E-state index contributed by atoms with van der Waals surface area (Å²) in [5.74, 6) is -0.0943. The van der Waals surface area contributed by atoms with Crippen molar-refractivity contribution in [2.24, 2.45) is 0 Å². The number of nitro groups is 1. The van der Waals surface area contributed by atoms with Gasteiger partial charge in [0, 0.05) is 61.5 Å². The van der Waals surface area contributed by atoms with Crippen LogP contribution in [0.25, 0.3) is 21.7 Å². The number of nitrogens with one attached hydrogen (secondary N) is 2. The predicted octanol–water partition coefficient (Wildman–Crippen LogP) is 3.31. The number of halogens is 1. The van der Waals surface area contributed by atoms with Gasteiger partial charge in [0.2, 0.25) is 10.0 Å². The van der Waals surface area contributed by atoms with Crippen LogP contribution < -0.4 is 14.4 Å². The summed E-state index contributed by atoms with van der Waals surface area (Å²) in [5.41, 5.74) is 1.42. The Balaban J connectivity index is 1.26. The first kappa shape index (κ1) is 35.2. The van der Waals surface area contributed by atoms with Crippen LogP contribution in [0.2, 0.25) is 0 Å². The van der Waals surface area contributed by atoms with E-state index >= 15 is 0 Å². The summed E-state index contributed by atoms with van der Waals surface area (Å²) in [6.07, 6.45) is 0. The summed E-state index contributed by atoms with van der Waals surface area (Å²) in [4.78, 5) is 49.7. The Kier molecular flexibility index (Phi) is 10.3. The number of amides is 1. The summed E-state index contributed by atoms with van der Waals surface area (Å²) in [7, 11) is -9.04. The highest BCUT2D eigenvalue weighted by Crippen LogP contribution is 2.46. The van der Waals surface area contributed by atoms with Gasteiger partial charge in [0.1, 0.15) is 18.1 Å². The van der Waals surface area contributed by atoms with Gasteiger partial charge in [0.15, 0.2) is 0 Å². The number of anilines is 1. The van der Waals surface area contributed by atoms with Gasteiger partial charge in [0.25, 0.3) is 11.6 Å². The van der Waals surface area contributed by atoms with E-state index in [0.717, 1.165) is 31.1 Å². The number of carbonyl (C=O) groups excluding carboxylic acids is 1. The molecular formula is C30H33ClN5O11PS. The third kappa shape index (κ3) is 7.75. The lowest BCUT2D eigenvalue weighted by atomic mass is 9.95. The maximum Gasteiger partial charge on any atom is 0.469 e. The molecule has 1 unspecified atom stereocenters. The first-order valence-corrected chi connectivity index (χ1v) is 18.8. The lowest BCUT2D eigenvalue weighted by Gasteiger charge is -2.26. The van der Waals surface area contributed by atoms with Crippen molar-refractivity contribution in [3.8, 4) is 5.75 Å². The van der Waals surface area contributed by atoms with E-state index < -0.39 is 53.4 Å². The molecule has 16 nitrogen and oxygen atoms in total. The molecule has 0 saturated carbocycles. The Labute approximate surface area is 285 Å². The standard InChI is InChI=1S/C30H33ClN5O11PS/c31-17-20-18-35(30(37)26-14-19-13-21(1-4-25(19)33-26)46-12-8-34-6-10-45-11-7-34)28-16-27(36(38)39)24-15-22(2-3-23(24)29(20)28)49(43,44)32-5-9-47-48(40,41)42/h1-4,13-16,20,32-33H,5-12,17-18H2,(H2,40,41,42). The lowest BCUT2D eigenvalue weighted by Crippen LogP contribution is -2.38. The minimum atomic E-state index is -4.80. The van der Waals surface area contributed by atoms with Gasteiger partial charge in [-0.3, -0.25) is 24.3 Å². The summed E-state index contributed by atoms with van der Waals surface area (Å²) >= 11 is 6.36. The smallest absolute Gasteiger partial charge is 0.469 e. The number of hydrogen-bond donors (Lipinski definition) is 4. The number of phosphoric ester groups is 1. The number of carbonyl (C=O) groups is 1. The molecule has 0 bridgehead atoms. The van der Waals surface area contributed by atoms with Gasteiger partial charge >= 0.3 is 7.82 Å². The number of phosphoric acid groups is 1. The molecule has 1 saturated heterocycles. The number of H-pyrrole nitrogens is 1. The molecule has 1 atom stereocenters. The van der Waals surface area contributed by atoms with Crippen LogP contribution >= 0.6 is 19.4 Å². The Bertz CT molecular complexity index is 2070. The molecule has 3 heterocycles. The highest BCUT2D eigenvalue weighted by atomic mass is 35.5. The normalized spacial score (nSPS) is 17.1. The Morgan fingerprint density at radius 1 is 1.12 bits per heavy atom. The molecule has 0 spiro atoms. The second-order valence-corrected chi connectivity index (χ2v) is 14.8. The maximum atomic E-state index is 14.0. The van der Waals surface area contributed by atoms with Gasteiger partial charge in [-0.2, -0.15) is 0 Å². The maximum absolute atomic E-state index is 14.0. The molecule has 2 aliphatic heterocycles. The van der Waals surface area contributed by atoms with Crippen LogP contribution in [0.3, 0.4) is 0 Å². The molecule has 6 rings (SSSR count). The number of aromatic nitrogens is 1. The Morgan fingerprint density at radius 2 is 1.90 bits per heavy atom. The number of non-ortho nitro benzene ring substituents is 1. The molecule has 1 fully saturated rings. The van der Waals surface area contributed by atoms with E-state index in [1.54, 1.807) is 6.07 Å². The molecule has 0 aliphatic carbocycles. The monoisotopic (exact) mass is 737 g/mol. The topological polar surface area (TPSA) is 214 Å². The van der Waals surface area contributed by atoms with Crippen molar-refractivity contribution in [2.75, 3.05) is 69.9 Å². The van der Waals surface area contributed by atoms with E-state index in [-0.39, 0.29) is 28.4 Å². The SMILES string of the molecule is O=C(c1cc2cc(OCCN3CCOCC3)ccc2[nH]1)N1CC(CCl)c2c1cc([N+](=O)[O-])c1cc(S(=O)(=O)NCCOP(=O)(O)O)ccc21. The molecule has 4 N–H and O–H groups in total. The van der Waals surface area contributed by atoms with E-state index in [9.17, 15) is 27.9 Å². The van der Waals surface area contributed by atoms with Crippen molar-refractivity contribution in [2.45, 2.75) is 10.8 Å². The molecule has 49 heavy (non-hydrogen) atoms. The first-order valence-electron chi connectivity index (χ1n) is 15.2. The van der Waals surface area contributed by atoms with Crippen LogP contribution in [0.1, 0.15) is 22.0 Å². The third-order valence-corrected chi connectivity index (χ3v) is 10.8. The van der Waals surface area contributed by atoms with Crippen molar-refractivity contribution < 1.29 is 46.5 Å². The number of hydrogen-bond acceptors (Lipinski definition) is 10. The summed E-state index contributed by atoms with van der Waals surface area (Å²) in [6.45, 7) is 3.46. The molecule has 19 heteroatoms. The number of morpholine rings is 1. The number of sulfonamides is 1. The quantitative estimate of drug-likeness (QED) is 0.0512. The summed E-state index contributed by atoms with van der Waals surface area (Å²) in [5, 5.41) is 13.4. The second-order valence-electron chi connectivity index (χ2n) is 11.5. The third-order valence-electron chi connectivity index (χ3n) is 8.40. The van der Waals surface area contributed by atoms with Crippen molar-refractivity contribution in [3.05, 3.63) is 69.9 Å². The fraction of sp³-hybridized carbons (Fsp3) is 0.367. The molecule has 1 amide bonds. The minimum Gasteiger partial charge on any atom is -0.492 e. The highest BCUT2D eigenvalue weighted by molar-refractivity contribution is 7.89.